The van der Waals surface area contributed by atoms with E-state index in [-0.39, 0.29) is 10.8 Å². The second-order valence-electron chi connectivity index (χ2n) is 6.22. The first kappa shape index (κ1) is 12.6. The summed E-state index contributed by atoms with van der Waals surface area (Å²) in [5, 5.41) is 4.11. The van der Waals surface area contributed by atoms with Crippen molar-refractivity contribution in [3.63, 3.8) is 0 Å². The third-order valence-corrected chi connectivity index (χ3v) is 3.75. The number of hydrogen-bond acceptors (Lipinski definition) is 4. The number of rotatable bonds is 2. The fraction of sp³-hybridized carbons (Fsp3) is 0.846. The highest BCUT2D eigenvalue weighted by Crippen LogP contribution is 2.38. The predicted octanol–water partition coefficient (Wildman–Crippen LogP) is 2.53. The summed E-state index contributed by atoms with van der Waals surface area (Å²) in [6.07, 6.45) is 5.88. The van der Waals surface area contributed by atoms with Gasteiger partial charge in [0.05, 0.1) is 5.41 Å². The Kier molecular flexibility index (Phi) is 3.25. The van der Waals surface area contributed by atoms with Gasteiger partial charge >= 0.3 is 0 Å². The summed E-state index contributed by atoms with van der Waals surface area (Å²) < 4.78 is 5.48. The molecule has 1 aliphatic carbocycles. The van der Waals surface area contributed by atoms with Crippen LogP contribution in [0.15, 0.2) is 4.52 Å². The van der Waals surface area contributed by atoms with E-state index in [2.05, 4.69) is 30.9 Å². The van der Waals surface area contributed by atoms with Crippen molar-refractivity contribution in [2.45, 2.75) is 63.7 Å². The molecular weight excluding hydrogens is 214 g/mol. The minimum Gasteiger partial charge on any atom is -0.339 e. The maximum absolute atomic E-state index is 5.96. The van der Waals surface area contributed by atoms with Crippen LogP contribution in [0.2, 0.25) is 0 Å². The van der Waals surface area contributed by atoms with Gasteiger partial charge in [-0.1, -0.05) is 45.2 Å². The Bertz CT molecular complexity index is 372. The maximum atomic E-state index is 5.96. The summed E-state index contributed by atoms with van der Waals surface area (Å²) >= 11 is 0. The molecule has 0 unspecified atom stereocenters. The second-order valence-corrected chi connectivity index (χ2v) is 6.22. The van der Waals surface area contributed by atoms with Gasteiger partial charge in [0.25, 0.3) is 0 Å². The fourth-order valence-corrected chi connectivity index (χ4v) is 2.48. The van der Waals surface area contributed by atoms with E-state index >= 15 is 0 Å². The summed E-state index contributed by atoms with van der Waals surface area (Å²) in [6, 6.07) is 0. The van der Waals surface area contributed by atoms with Gasteiger partial charge in [0.2, 0.25) is 5.89 Å². The molecule has 1 aromatic rings. The van der Waals surface area contributed by atoms with Crippen molar-refractivity contribution in [3.8, 4) is 0 Å². The Labute approximate surface area is 103 Å². The molecule has 0 aromatic carbocycles. The molecule has 1 aromatic heterocycles. The molecule has 1 fully saturated rings. The summed E-state index contributed by atoms with van der Waals surface area (Å²) in [7, 11) is 0. The lowest BCUT2D eigenvalue weighted by molar-refractivity contribution is 0.219. The zero-order valence-electron chi connectivity index (χ0n) is 11.1. The highest BCUT2D eigenvalue weighted by molar-refractivity contribution is 5.10. The van der Waals surface area contributed by atoms with Gasteiger partial charge in [0.1, 0.15) is 0 Å². The third-order valence-electron chi connectivity index (χ3n) is 3.75. The molecule has 0 amide bonds. The average molecular weight is 237 g/mol. The van der Waals surface area contributed by atoms with E-state index in [9.17, 15) is 0 Å². The van der Waals surface area contributed by atoms with E-state index in [1.807, 2.05) is 0 Å². The van der Waals surface area contributed by atoms with E-state index in [1.54, 1.807) is 0 Å². The van der Waals surface area contributed by atoms with Gasteiger partial charge in [-0.2, -0.15) is 4.98 Å². The van der Waals surface area contributed by atoms with Crippen molar-refractivity contribution >= 4 is 0 Å². The van der Waals surface area contributed by atoms with Crippen LogP contribution in [0.4, 0.5) is 0 Å². The number of nitrogens with two attached hydrogens (primary N) is 1. The molecule has 0 aliphatic heterocycles. The first-order chi connectivity index (χ1) is 7.98. The fourth-order valence-electron chi connectivity index (χ4n) is 2.48. The SMILES string of the molecule is CC(C)(C)c1noc(C2(CN)CCCCC2)n1. The number of aromatic nitrogens is 2. The molecule has 4 nitrogen and oxygen atoms in total. The molecule has 96 valence electrons. The molecule has 17 heavy (non-hydrogen) atoms. The second kappa shape index (κ2) is 4.41. The number of hydrogen-bond donors (Lipinski definition) is 1. The molecule has 1 heterocycles. The Morgan fingerprint density at radius 2 is 1.88 bits per heavy atom. The molecule has 1 aliphatic rings. The van der Waals surface area contributed by atoms with Crippen LogP contribution in [0, 0.1) is 0 Å². The summed E-state index contributed by atoms with van der Waals surface area (Å²) in [5.41, 5.74) is 5.84. The Morgan fingerprint density at radius 1 is 1.24 bits per heavy atom. The van der Waals surface area contributed by atoms with Crippen LogP contribution < -0.4 is 5.73 Å². The Hall–Kier alpha value is -0.900. The smallest absolute Gasteiger partial charge is 0.234 e. The molecular formula is C13H23N3O. The van der Waals surface area contributed by atoms with Crippen molar-refractivity contribution in [1.29, 1.82) is 0 Å². The lowest BCUT2D eigenvalue weighted by atomic mass is 9.74. The quantitative estimate of drug-likeness (QED) is 0.858. The van der Waals surface area contributed by atoms with Gasteiger partial charge in [-0.15, -0.1) is 0 Å². The van der Waals surface area contributed by atoms with Gasteiger partial charge in [0, 0.05) is 12.0 Å². The molecule has 0 radical (unpaired) electrons. The van der Waals surface area contributed by atoms with E-state index in [0.717, 1.165) is 24.6 Å². The van der Waals surface area contributed by atoms with Gasteiger partial charge in [-0.05, 0) is 12.8 Å². The van der Waals surface area contributed by atoms with Crippen LogP contribution in [-0.2, 0) is 10.8 Å². The summed E-state index contributed by atoms with van der Waals surface area (Å²) in [4.78, 5) is 4.59. The highest BCUT2D eigenvalue weighted by atomic mass is 16.5. The van der Waals surface area contributed by atoms with Crippen molar-refractivity contribution < 1.29 is 4.52 Å². The van der Waals surface area contributed by atoms with E-state index in [4.69, 9.17) is 10.3 Å². The van der Waals surface area contributed by atoms with Crippen molar-refractivity contribution in [2.24, 2.45) is 5.73 Å². The Morgan fingerprint density at radius 3 is 2.35 bits per heavy atom. The lowest BCUT2D eigenvalue weighted by Crippen LogP contribution is -2.37. The monoisotopic (exact) mass is 237 g/mol. The molecule has 1 saturated carbocycles. The number of nitrogens with zero attached hydrogens (tertiary/aromatic N) is 2. The molecule has 2 N–H and O–H groups in total. The normalized spacial score (nSPS) is 20.5. The summed E-state index contributed by atoms with van der Waals surface area (Å²) in [6.45, 7) is 6.89. The third kappa shape index (κ3) is 2.37. The molecule has 0 spiro atoms. The van der Waals surface area contributed by atoms with Crippen LogP contribution in [0.3, 0.4) is 0 Å². The first-order valence-electron chi connectivity index (χ1n) is 6.53. The van der Waals surface area contributed by atoms with Crippen LogP contribution in [0.1, 0.15) is 64.6 Å². The van der Waals surface area contributed by atoms with Gasteiger partial charge < -0.3 is 10.3 Å². The molecule has 4 heteroatoms. The first-order valence-corrected chi connectivity index (χ1v) is 6.53. The summed E-state index contributed by atoms with van der Waals surface area (Å²) in [5.74, 6) is 1.54. The van der Waals surface area contributed by atoms with Crippen molar-refractivity contribution in [2.75, 3.05) is 6.54 Å². The average Bonchev–Trinajstić information content (AvgIpc) is 2.79. The molecule has 0 atom stereocenters. The topological polar surface area (TPSA) is 64.9 Å². The van der Waals surface area contributed by atoms with Crippen LogP contribution in [-0.4, -0.2) is 16.7 Å². The minimum absolute atomic E-state index is 0.0608. The zero-order chi connectivity index (χ0) is 12.5. The standard InChI is InChI=1S/C13H23N3O/c1-12(2,3)10-15-11(17-16-10)13(9-14)7-5-4-6-8-13/h4-9,14H2,1-3H3. The van der Waals surface area contributed by atoms with Gasteiger partial charge in [-0.25, -0.2) is 0 Å². The van der Waals surface area contributed by atoms with E-state index in [1.165, 1.54) is 19.3 Å². The zero-order valence-corrected chi connectivity index (χ0v) is 11.1. The largest absolute Gasteiger partial charge is 0.339 e. The van der Waals surface area contributed by atoms with E-state index in [0.29, 0.717) is 6.54 Å². The van der Waals surface area contributed by atoms with Crippen molar-refractivity contribution in [1.82, 2.24) is 10.1 Å². The molecule has 0 saturated heterocycles. The lowest BCUT2D eigenvalue weighted by Gasteiger charge is -2.32. The minimum atomic E-state index is -0.0633. The van der Waals surface area contributed by atoms with E-state index < -0.39 is 0 Å². The highest BCUT2D eigenvalue weighted by Gasteiger charge is 2.38. The van der Waals surface area contributed by atoms with Crippen molar-refractivity contribution in [3.05, 3.63) is 11.7 Å². The van der Waals surface area contributed by atoms with Gasteiger partial charge in [0.15, 0.2) is 5.82 Å². The van der Waals surface area contributed by atoms with Crippen LogP contribution in [0.25, 0.3) is 0 Å². The molecule has 0 bridgehead atoms. The van der Waals surface area contributed by atoms with Crippen LogP contribution >= 0.6 is 0 Å². The Balaban J connectivity index is 2.28. The molecule has 2 rings (SSSR count). The van der Waals surface area contributed by atoms with Gasteiger partial charge in [-0.3, -0.25) is 0 Å². The predicted molar refractivity (Wildman–Crippen MR) is 66.8 cm³/mol. The maximum Gasteiger partial charge on any atom is 0.234 e. The van der Waals surface area contributed by atoms with Crippen LogP contribution in [0.5, 0.6) is 0 Å².